The molecule has 4 nitrogen and oxygen atoms in total. The first-order chi connectivity index (χ1) is 10.0. The molecule has 21 heavy (non-hydrogen) atoms. The van der Waals surface area contributed by atoms with Crippen LogP contribution in [0.25, 0.3) is 0 Å². The largest absolute Gasteiger partial charge is 0.332 e. The zero-order chi connectivity index (χ0) is 15.1. The molecular formula is C15H16Cl2N2O2. The van der Waals surface area contributed by atoms with Crippen molar-refractivity contribution in [3.05, 3.63) is 28.2 Å². The summed E-state index contributed by atoms with van der Waals surface area (Å²) in [5, 5.41) is 0.745. The molecule has 1 aromatic carbocycles. The summed E-state index contributed by atoms with van der Waals surface area (Å²) in [4.78, 5) is 28.0. The number of piperidine rings is 1. The Bertz CT molecular complexity index is 605. The maximum absolute atomic E-state index is 12.6. The number of amides is 3. The van der Waals surface area contributed by atoms with Crippen molar-refractivity contribution in [2.24, 2.45) is 5.92 Å². The minimum absolute atomic E-state index is 0.156. The summed E-state index contributed by atoms with van der Waals surface area (Å²) in [5.74, 6) is 0.355. The van der Waals surface area contributed by atoms with Crippen molar-refractivity contribution in [1.82, 2.24) is 4.90 Å². The number of benzene rings is 1. The average molecular weight is 327 g/mol. The van der Waals surface area contributed by atoms with Gasteiger partial charge in [-0.25, -0.2) is 9.69 Å². The number of nitrogens with zero attached hydrogens (tertiary/aromatic N) is 2. The SMILES string of the molecule is CCC1CCN2C(=O)N(c3ccc(Cl)c(Cl)c3)C(=O)C2C1. The van der Waals surface area contributed by atoms with E-state index < -0.39 is 0 Å². The van der Waals surface area contributed by atoms with E-state index in [1.165, 1.54) is 4.90 Å². The van der Waals surface area contributed by atoms with Crippen molar-refractivity contribution < 1.29 is 9.59 Å². The highest BCUT2D eigenvalue weighted by Gasteiger charge is 2.48. The molecule has 2 saturated heterocycles. The topological polar surface area (TPSA) is 40.6 Å². The summed E-state index contributed by atoms with van der Waals surface area (Å²) in [6, 6.07) is 4.24. The van der Waals surface area contributed by atoms with Gasteiger partial charge in [0.2, 0.25) is 0 Å². The van der Waals surface area contributed by atoms with E-state index in [4.69, 9.17) is 23.2 Å². The van der Waals surface area contributed by atoms with Gasteiger partial charge < -0.3 is 4.90 Å². The summed E-state index contributed by atoms with van der Waals surface area (Å²) in [5.41, 5.74) is 0.488. The molecule has 112 valence electrons. The van der Waals surface area contributed by atoms with E-state index in [2.05, 4.69) is 6.92 Å². The van der Waals surface area contributed by atoms with Gasteiger partial charge in [-0.05, 0) is 37.0 Å². The molecule has 0 N–H and O–H groups in total. The molecule has 2 atom stereocenters. The third-order valence-electron chi connectivity index (χ3n) is 4.39. The molecule has 3 amide bonds. The van der Waals surface area contributed by atoms with Crippen LogP contribution in [0.4, 0.5) is 10.5 Å². The predicted molar refractivity (Wildman–Crippen MR) is 82.9 cm³/mol. The number of fused-ring (bicyclic) bond motifs is 1. The molecule has 2 fully saturated rings. The van der Waals surface area contributed by atoms with Crippen LogP contribution in [-0.2, 0) is 4.79 Å². The van der Waals surface area contributed by atoms with E-state index in [9.17, 15) is 9.59 Å². The van der Waals surface area contributed by atoms with Crippen LogP contribution >= 0.6 is 23.2 Å². The quantitative estimate of drug-likeness (QED) is 0.772. The minimum atomic E-state index is -0.328. The molecule has 0 bridgehead atoms. The molecular weight excluding hydrogens is 311 g/mol. The molecule has 2 aliphatic heterocycles. The molecule has 2 aliphatic rings. The van der Waals surface area contributed by atoms with Gasteiger partial charge >= 0.3 is 6.03 Å². The van der Waals surface area contributed by atoms with Gasteiger partial charge in [0.05, 0.1) is 15.7 Å². The van der Waals surface area contributed by atoms with Gasteiger partial charge in [0.15, 0.2) is 0 Å². The third-order valence-corrected chi connectivity index (χ3v) is 5.13. The standard InChI is InChI=1S/C15H16Cl2N2O2/c1-2-9-5-6-18-13(7-9)14(20)19(15(18)21)10-3-4-11(16)12(17)8-10/h3-4,8-9,13H,2,5-7H2,1H3. The number of imide groups is 1. The molecule has 0 spiro atoms. The highest BCUT2D eigenvalue weighted by molar-refractivity contribution is 6.42. The highest BCUT2D eigenvalue weighted by atomic mass is 35.5. The first-order valence-electron chi connectivity index (χ1n) is 7.12. The Kier molecular flexibility index (Phi) is 3.84. The summed E-state index contributed by atoms with van der Waals surface area (Å²) >= 11 is 11.9. The molecule has 6 heteroatoms. The summed E-state index contributed by atoms with van der Waals surface area (Å²) in [6.07, 6.45) is 2.75. The van der Waals surface area contributed by atoms with E-state index >= 15 is 0 Å². The number of urea groups is 1. The number of hydrogen-bond acceptors (Lipinski definition) is 2. The van der Waals surface area contributed by atoms with Gasteiger partial charge in [0.1, 0.15) is 6.04 Å². The average Bonchev–Trinajstić information content (AvgIpc) is 2.73. The van der Waals surface area contributed by atoms with E-state index in [1.807, 2.05) is 0 Å². The number of halogens is 2. The van der Waals surface area contributed by atoms with Gasteiger partial charge in [-0.2, -0.15) is 0 Å². The molecule has 2 heterocycles. The Labute approximate surface area is 133 Å². The number of carbonyl (C=O) groups is 2. The van der Waals surface area contributed by atoms with Crippen molar-refractivity contribution >= 4 is 40.8 Å². The van der Waals surface area contributed by atoms with E-state index in [0.29, 0.717) is 28.2 Å². The lowest BCUT2D eigenvalue weighted by atomic mass is 9.89. The van der Waals surface area contributed by atoms with E-state index in [-0.39, 0.29) is 18.0 Å². The Balaban J connectivity index is 1.92. The Morgan fingerprint density at radius 3 is 2.67 bits per heavy atom. The van der Waals surface area contributed by atoms with E-state index in [1.54, 1.807) is 23.1 Å². The minimum Gasteiger partial charge on any atom is -0.312 e. The zero-order valence-corrected chi connectivity index (χ0v) is 13.2. The van der Waals surface area contributed by atoms with Crippen LogP contribution in [0.2, 0.25) is 10.0 Å². The number of carbonyl (C=O) groups excluding carboxylic acids is 2. The summed E-state index contributed by atoms with van der Waals surface area (Å²) in [6.45, 7) is 2.77. The van der Waals surface area contributed by atoms with Crippen LogP contribution in [0.3, 0.4) is 0 Å². The molecule has 1 aromatic rings. The van der Waals surface area contributed by atoms with Crippen LogP contribution in [0, 0.1) is 5.92 Å². The second-order valence-electron chi connectivity index (χ2n) is 5.56. The zero-order valence-electron chi connectivity index (χ0n) is 11.7. The lowest BCUT2D eigenvalue weighted by Crippen LogP contribution is -2.42. The molecule has 0 saturated carbocycles. The van der Waals surface area contributed by atoms with Crippen molar-refractivity contribution in [1.29, 1.82) is 0 Å². The van der Waals surface area contributed by atoms with Crippen LogP contribution in [0.1, 0.15) is 26.2 Å². The van der Waals surface area contributed by atoms with Gasteiger partial charge in [0, 0.05) is 6.54 Å². The lowest BCUT2D eigenvalue weighted by Gasteiger charge is -2.31. The van der Waals surface area contributed by atoms with Crippen LogP contribution in [-0.4, -0.2) is 29.4 Å². The predicted octanol–water partition coefficient (Wildman–Crippen LogP) is 3.95. The Morgan fingerprint density at radius 2 is 2.00 bits per heavy atom. The van der Waals surface area contributed by atoms with Crippen molar-refractivity contribution in [3.63, 3.8) is 0 Å². The van der Waals surface area contributed by atoms with Gasteiger partial charge in [-0.15, -0.1) is 0 Å². The van der Waals surface area contributed by atoms with Gasteiger partial charge in [-0.1, -0.05) is 36.5 Å². The normalized spacial score (nSPS) is 25.5. The number of anilines is 1. The molecule has 0 aliphatic carbocycles. The van der Waals surface area contributed by atoms with Crippen LogP contribution in [0.5, 0.6) is 0 Å². The van der Waals surface area contributed by atoms with E-state index in [0.717, 1.165) is 19.3 Å². The molecule has 3 rings (SSSR count). The second-order valence-corrected chi connectivity index (χ2v) is 6.38. The smallest absolute Gasteiger partial charge is 0.312 e. The Morgan fingerprint density at radius 1 is 1.24 bits per heavy atom. The van der Waals surface area contributed by atoms with Crippen LogP contribution in [0.15, 0.2) is 18.2 Å². The fourth-order valence-electron chi connectivity index (χ4n) is 3.11. The van der Waals surface area contributed by atoms with Crippen molar-refractivity contribution in [3.8, 4) is 0 Å². The van der Waals surface area contributed by atoms with Gasteiger partial charge in [0.25, 0.3) is 5.91 Å². The van der Waals surface area contributed by atoms with Crippen molar-refractivity contribution in [2.45, 2.75) is 32.2 Å². The first-order valence-corrected chi connectivity index (χ1v) is 7.88. The number of hydrogen-bond donors (Lipinski definition) is 0. The maximum atomic E-state index is 12.6. The monoisotopic (exact) mass is 326 g/mol. The highest BCUT2D eigenvalue weighted by Crippen LogP contribution is 2.35. The first kappa shape index (κ1) is 14.7. The third kappa shape index (κ3) is 2.40. The van der Waals surface area contributed by atoms with Gasteiger partial charge in [-0.3, -0.25) is 4.79 Å². The van der Waals surface area contributed by atoms with Crippen molar-refractivity contribution in [2.75, 3.05) is 11.4 Å². The number of rotatable bonds is 2. The summed E-state index contributed by atoms with van der Waals surface area (Å²) in [7, 11) is 0. The summed E-state index contributed by atoms with van der Waals surface area (Å²) < 4.78 is 0. The molecule has 2 unspecified atom stereocenters. The second kappa shape index (κ2) is 5.50. The maximum Gasteiger partial charge on any atom is 0.332 e. The lowest BCUT2D eigenvalue weighted by molar-refractivity contribution is -0.120. The Hall–Kier alpha value is -1.26. The molecule has 0 aromatic heterocycles. The fourth-order valence-corrected chi connectivity index (χ4v) is 3.40. The molecule has 0 radical (unpaired) electrons. The van der Waals surface area contributed by atoms with Crippen LogP contribution < -0.4 is 4.90 Å². The fraction of sp³-hybridized carbons (Fsp3) is 0.467.